The van der Waals surface area contributed by atoms with Gasteiger partial charge in [-0.3, -0.25) is 0 Å². The summed E-state index contributed by atoms with van der Waals surface area (Å²) in [5, 5.41) is 17.8. The lowest BCUT2D eigenvalue weighted by Gasteiger charge is -2.06. The summed E-state index contributed by atoms with van der Waals surface area (Å²) in [6.07, 6.45) is 0. The molecule has 0 aliphatic heterocycles. The Bertz CT molecular complexity index is 634. The highest BCUT2D eigenvalue weighted by molar-refractivity contribution is 5.87. The standard InChI is InChI=1S/C14H15N3O4/c1-9-6-12(21-17-9)8-16-14(20)15-7-10-2-4-11(5-3-10)13(18)19/h2-6H,7-8H2,1H3,(H,18,19)(H2,15,16,20). The van der Waals surface area contributed by atoms with E-state index in [-0.39, 0.29) is 18.1 Å². The molecule has 0 unspecified atom stereocenters. The molecule has 2 amide bonds. The Labute approximate surface area is 120 Å². The molecule has 0 saturated carbocycles. The molecule has 0 radical (unpaired) electrons. The van der Waals surface area contributed by atoms with Gasteiger partial charge >= 0.3 is 12.0 Å². The molecule has 0 bridgehead atoms. The van der Waals surface area contributed by atoms with E-state index >= 15 is 0 Å². The SMILES string of the molecule is Cc1cc(CNC(=O)NCc2ccc(C(=O)O)cc2)on1. The second kappa shape index (κ2) is 6.56. The first kappa shape index (κ1) is 14.6. The van der Waals surface area contributed by atoms with Crippen molar-refractivity contribution in [2.75, 3.05) is 0 Å². The number of carboxylic acid groups (broad SMARTS) is 1. The van der Waals surface area contributed by atoms with Gasteiger partial charge in [0.2, 0.25) is 0 Å². The van der Waals surface area contributed by atoms with Gasteiger partial charge in [-0.05, 0) is 24.6 Å². The smallest absolute Gasteiger partial charge is 0.335 e. The molecular weight excluding hydrogens is 274 g/mol. The second-order valence-corrected chi connectivity index (χ2v) is 4.47. The number of carbonyl (C=O) groups excluding carboxylic acids is 1. The molecule has 7 heteroatoms. The largest absolute Gasteiger partial charge is 0.478 e. The summed E-state index contributed by atoms with van der Waals surface area (Å²) < 4.78 is 4.96. The third-order valence-electron chi connectivity index (χ3n) is 2.75. The van der Waals surface area contributed by atoms with Crippen LogP contribution in [-0.2, 0) is 13.1 Å². The van der Waals surface area contributed by atoms with E-state index in [1.165, 1.54) is 12.1 Å². The first-order valence-corrected chi connectivity index (χ1v) is 6.31. The summed E-state index contributed by atoms with van der Waals surface area (Å²) in [6, 6.07) is 7.70. The van der Waals surface area contributed by atoms with Gasteiger partial charge in [-0.25, -0.2) is 9.59 Å². The van der Waals surface area contributed by atoms with Gasteiger partial charge in [-0.1, -0.05) is 17.3 Å². The number of carboxylic acids is 1. The van der Waals surface area contributed by atoms with Crippen molar-refractivity contribution in [1.82, 2.24) is 15.8 Å². The Hall–Kier alpha value is -2.83. The van der Waals surface area contributed by atoms with Crippen LogP contribution in [0.25, 0.3) is 0 Å². The molecule has 3 N–H and O–H groups in total. The van der Waals surface area contributed by atoms with Crippen molar-refractivity contribution < 1.29 is 19.2 Å². The molecule has 0 aliphatic carbocycles. The van der Waals surface area contributed by atoms with Gasteiger partial charge in [0.05, 0.1) is 17.8 Å². The normalized spacial score (nSPS) is 10.1. The topological polar surface area (TPSA) is 104 Å². The molecule has 0 atom stereocenters. The van der Waals surface area contributed by atoms with Crippen molar-refractivity contribution in [1.29, 1.82) is 0 Å². The maximum atomic E-state index is 11.6. The molecule has 110 valence electrons. The van der Waals surface area contributed by atoms with Crippen LogP contribution >= 0.6 is 0 Å². The van der Waals surface area contributed by atoms with Crippen LogP contribution in [0.2, 0.25) is 0 Å². The molecule has 0 spiro atoms. The third-order valence-corrected chi connectivity index (χ3v) is 2.75. The first-order valence-electron chi connectivity index (χ1n) is 6.31. The molecule has 0 fully saturated rings. The summed E-state index contributed by atoms with van der Waals surface area (Å²) in [7, 11) is 0. The average Bonchev–Trinajstić information content (AvgIpc) is 2.89. The predicted molar refractivity (Wildman–Crippen MR) is 73.7 cm³/mol. The molecule has 2 aromatic rings. The van der Waals surface area contributed by atoms with E-state index in [9.17, 15) is 9.59 Å². The summed E-state index contributed by atoms with van der Waals surface area (Å²) in [5.74, 6) is -0.400. The lowest BCUT2D eigenvalue weighted by molar-refractivity contribution is 0.0697. The Balaban J connectivity index is 1.77. The summed E-state index contributed by atoms with van der Waals surface area (Å²) >= 11 is 0. The minimum Gasteiger partial charge on any atom is -0.478 e. The highest BCUT2D eigenvalue weighted by atomic mass is 16.5. The molecule has 7 nitrogen and oxygen atoms in total. The Morgan fingerprint density at radius 3 is 2.43 bits per heavy atom. The number of amides is 2. The quantitative estimate of drug-likeness (QED) is 0.776. The number of hydrogen-bond acceptors (Lipinski definition) is 4. The Kier molecular flexibility index (Phi) is 4.55. The number of urea groups is 1. The number of hydrogen-bond donors (Lipinski definition) is 3. The van der Waals surface area contributed by atoms with Gasteiger partial charge in [0.25, 0.3) is 0 Å². The van der Waals surface area contributed by atoms with Crippen molar-refractivity contribution in [2.24, 2.45) is 0 Å². The maximum absolute atomic E-state index is 11.6. The number of aromatic carboxylic acids is 1. The lowest BCUT2D eigenvalue weighted by atomic mass is 10.1. The summed E-state index contributed by atoms with van der Waals surface area (Å²) in [5.41, 5.74) is 1.78. The summed E-state index contributed by atoms with van der Waals surface area (Å²) in [6.45, 7) is 2.36. The van der Waals surface area contributed by atoms with Crippen molar-refractivity contribution in [3.63, 3.8) is 0 Å². The number of rotatable bonds is 5. The Morgan fingerprint density at radius 1 is 1.19 bits per heavy atom. The van der Waals surface area contributed by atoms with E-state index in [0.29, 0.717) is 12.3 Å². The van der Waals surface area contributed by atoms with Crippen molar-refractivity contribution in [3.05, 3.63) is 52.9 Å². The highest BCUT2D eigenvalue weighted by Crippen LogP contribution is 2.04. The van der Waals surface area contributed by atoms with Crippen LogP contribution in [-0.4, -0.2) is 22.3 Å². The second-order valence-electron chi connectivity index (χ2n) is 4.47. The van der Waals surface area contributed by atoms with Crippen LogP contribution in [0.1, 0.15) is 27.4 Å². The van der Waals surface area contributed by atoms with Gasteiger partial charge in [0.15, 0.2) is 5.76 Å². The monoisotopic (exact) mass is 289 g/mol. The van der Waals surface area contributed by atoms with E-state index in [0.717, 1.165) is 11.3 Å². The first-order chi connectivity index (χ1) is 10.0. The molecule has 1 heterocycles. The molecule has 1 aromatic carbocycles. The van der Waals surface area contributed by atoms with Crippen LogP contribution in [0.5, 0.6) is 0 Å². The van der Waals surface area contributed by atoms with E-state index in [4.69, 9.17) is 9.63 Å². The Morgan fingerprint density at radius 2 is 1.86 bits per heavy atom. The molecule has 0 aliphatic rings. The zero-order valence-electron chi connectivity index (χ0n) is 11.4. The number of aromatic nitrogens is 1. The maximum Gasteiger partial charge on any atom is 0.335 e. The zero-order valence-corrected chi connectivity index (χ0v) is 11.4. The van der Waals surface area contributed by atoms with Crippen molar-refractivity contribution >= 4 is 12.0 Å². The minimum absolute atomic E-state index is 0.212. The van der Waals surface area contributed by atoms with E-state index in [2.05, 4.69) is 15.8 Å². The van der Waals surface area contributed by atoms with E-state index in [1.54, 1.807) is 25.1 Å². The van der Waals surface area contributed by atoms with Gasteiger partial charge < -0.3 is 20.3 Å². The van der Waals surface area contributed by atoms with Gasteiger partial charge in [-0.15, -0.1) is 0 Å². The molecular formula is C14H15N3O4. The van der Waals surface area contributed by atoms with Crippen LogP contribution in [0, 0.1) is 6.92 Å². The minimum atomic E-state index is -0.977. The van der Waals surface area contributed by atoms with E-state index in [1.807, 2.05) is 0 Å². The van der Waals surface area contributed by atoms with Gasteiger partial charge in [0, 0.05) is 12.6 Å². The molecule has 1 aromatic heterocycles. The fourth-order valence-corrected chi connectivity index (χ4v) is 1.68. The van der Waals surface area contributed by atoms with Gasteiger partial charge in [0.1, 0.15) is 0 Å². The van der Waals surface area contributed by atoms with Crippen LogP contribution in [0.15, 0.2) is 34.9 Å². The molecule has 2 rings (SSSR count). The number of benzene rings is 1. The van der Waals surface area contributed by atoms with Crippen molar-refractivity contribution in [2.45, 2.75) is 20.0 Å². The van der Waals surface area contributed by atoms with Crippen molar-refractivity contribution in [3.8, 4) is 0 Å². The fourth-order valence-electron chi connectivity index (χ4n) is 1.68. The van der Waals surface area contributed by atoms with Crippen LogP contribution in [0.4, 0.5) is 4.79 Å². The average molecular weight is 289 g/mol. The predicted octanol–water partition coefficient (Wildman–Crippen LogP) is 1.68. The zero-order chi connectivity index (χ0) is 15.2. The lowest BCUT2D eigenvalue weighted by Crippen LogP contribution is -2.34. The number of nitrogens with zero attached hydrogens (tertiary/aromatic N) is 1. The summed E-state index contributed by atoms with van der Waals surface area (Å²) in [4.78, 5) is 22.3. The number of carbonyl (C=O) groups is 2. The fraction of sp³-hybridized carbons (Fsp3) is 0.214. The number of aryl methyl sites for hydroxylation is 1. The van der Waals surface area contributed by atoms with Gasteiger partial charge in [-0.2, -0.15) is 0 Å². The molecule has 0 saturated heterocycles. The third kappa shape index (κ3) is 4.34. The number of nitrogens with one attached hydrogen (secondary N) is 2. The van der Waals surface area contributed by atoms with Crippen LogP contribution < -0.4 is 10.6 Å². The molecule has 21 heavy (non-hydrogen) atoms. The van der Waals surface area contributed by atoms with Crippen LogP contribution in [0.3, 0.4) is 0 Å². The highest BCUT2D eigenvalue weighted by Gasteiger charge is 2.05. The van der Waals surface area contributed by atoms with E-state index < -0.39 is 5.97 Å².